The van der Waals surface area contributed by atoms with E-state index in [1.54, 1.807) is 0 Å². The van der Waals surface area contributed by atoms with Crippen LogP contribution >= 0.6 is 0 Å². The molecule has 0 aromatic carbocycles. The number of hydrogen-bond donors (Lipinski definition) is 2. The highest BCUT2D eigenvalue weighted by Crippen LogP contribution is 2.09. The first-order valence-electron chi connectivity index (χ1n) is 6.18. The molecule has 0 aliphatic carbocycles. The number of likely N-dealkylation sites (N-methyl/N-ethyl adjacent to an activating group) is 2. The van der Waals surface area contributed by atoms with Crippen LogP contribution in [-0.2, 0) is 0 Å². The van der Waals surface area contributed by atoms with Gasteiger partial charge in [0.25, 0.3) is 0 Å². The van der Waals surface area contributed by atoms with Crippen LogP contribution in [0.1, 0.15) is 19.8 Å². The van der Waals surface area contributed by atoms with E-state index in [0.717, 1.165) is 6.54 Å². The van der Waals surface area contributed by atoms with Crippen molar-refractivity contribution in [3.8, 4) is 0 Å². The van der Waals surface area contributed by atoms with E-state index >= 15 is 0 Å². The lowest BCUT2D eigenvalue weighted by atomic mass is 10.0. The van der Waals surface area contributed by atoms with Crippen molar-refractivity contribution in [3.05, 3.63) is 0 Å². The second kappa shape index (κ2) is 5.96. The standard InChI is InChI=1S/C12H27N3O/c1-12(16,10-14(2)3)9-13-11-6-5-7-15(4)8-11/h11,13,16H,5-10H2,1-4H3. The number of aliphatic hydroxyl groups is 1. The first-order chi connectivity index (χ1) is 7.39. The van der Waals surface area contributed by atoms with Gasteiger partial charge in [0.05, 0.1) is 5.60 Å². The van der Waals surface area contributed by atoms with Crippen molar-refractivity contribution in [2.24, 2.45) is 0 Å². The van der Waals surface area contributed by atoms with Crippen LogP contribution in [0, 0.1) is 0 Å². The molecular formula is C12H27N3O. The lowest BCUT2D eigenvalue weighted by Crippen LogP contribution is -2.51. The SMILES string of the molecule is CN(C)CC(C)(O)CNC1CCCN(C)C1. The number of likely N-dealkylation sites (tertiary alicyclic amines) is 1. The van der Waals surface area contributed by atoms with Crippen LogP contribution in [-0.4, -0.2) is 73.9 Å². The Morgan fingerprint density at radius 3 is 2.75 bits per heavy atom. The van der Waals surface area contributed by atoms with Crippen LogP contribution in [0.15, 0.2) is 0 Å². The molecule has 0 aromatic rings. The van der Waals surface area contributed by atoms with Crippen molar-refractivity contribution in [1.82, 2.24) is 15.1 Å². The molecule has 0 amide bonds. The third-order valence-electron chi connectivity index (χ3n) is 3.05. The molecule has 2 N–H and O–H groups in total. The molecule has 1 aliphatic heterocycles. The fraction of sp³-hybridized carbons (Fsp3) is 1.00. The molecule has 96 valence electrons. The van der Waals surface area contributed by atoms with Gasteiger partial charge in [-0.25, -0.2) is 0 Å². The van der Waals surface area contributed by atoms with Crippen LogP contribution in [0.5, 0.6) is 0 Å². The molecule has 1 fully saturated rings. The van der Waals surface area contributed by atoms with Gasteiger partial charge in [0.1, 0.15) is 0 Å². The molecule has 0 spiro atoms. The Morgan fingerprint density at radius 2 is 2.19 bits per heavy atom. The van der Waals surface area contributed by atoms with Crippen LogP contribution < -0.4 is 5.32 Å². The highest BCUT2D eigenvalue weighted by atomic mass is 16.3. The molecule has 2 unspecified atom stereocenters. The largest absolute Gasteiger partial charge is 0.388 e. The molecule has 4 nitrogen and oxygen atoms in total. The summed E-state index contributed by atoms with van der Waals surface area (Å²) in [5, 5.41) is 13.6. The zero-order valence-electron chi connectivity index (χ0n) is 11.2. The van der Waals surface area contributed by atoms with Crippen LogP contribution in [0.2, 0.25) is 0 Å². The van der Waals surface area contributed by atoms with Crippen molar-refractivity contribution >= 4 is 0 Å². The van der Waals surface area contributed by atoms with Crippen LogP contribution in [0.25, 0.3) is 0 Å². The van der Waals surface area contributed by atoms with E-state index in [-0.39, 0.29) is 0 Å². The summed E-state index contributed by atoms with van der Waals surface area (Å²) in [6.07, 6.45) is 2.48. The zero-order chi connectivity index (χ0) is 12.2. The van der Waals surface area contributed by atoms with Gasteiger partial charge in [-0.15, -0.1) is 0 Å². The van der Waals surface area contributed by atoms with Gasteiger partial charge in [-0.3, -0.25) is 0 Å². The number of piperidine rings is 1. The summed E-state index contributed by atoms with van der Waals surface area (Å²) in [7, 11) is 6.14. The van der Waals surface area contributed by atoms with Gasteiger partial charge in [-0.2, -0.15) is 0 Å². The average molecular weight is 229 g/mol. The smallest absolute Gasteiger partial charge is 0.0869 e. The van der Waals surface area contributed by atoms with Crippen molar-refractivity contribution in [1.29, 1.82) is 0 Å². The van der Waals surface area contributed by atoms with Crippen LogP contribution in [0.4, 0.5) is 0 Å². The van der Waals surface area contributed by atoms with Gasteiger partial charge in [0.2, 0.25) is 0 Å². The molecule has 1 rings (SSSR count). The molecule has 0 radical (unpaired) electrons. The molecule has 4 heteroatoms. The predicted octanol–water partition coefficient (Wildman–Crippen LogP) is -0.0172. The van der Waals surface area contributed by atoms with E-state index in [1.807, 2.05) is 25.9 Å². The normalized spacial score (nSPS) is 27.0. The maximum atomic E-state index is 10.2. The Labute approximate surface area is 99.6 Å². The highest BCUT2D eigenvalue weighted by Gasteiger charge is 2.24. The van der Waals surface area contributed by atoms with E-state index in [0.29, 0.717) is 19.1 Å². The summed E-state index contributed by atoms with van der Waals surface area (Å²) in [6.45, 7) is 5.56. The van der Waals surface area contributed by atoms with Gasteiger partial charge >= 0.3 is 0 Å². The topological polar surface area (TPSA) is 38.7 Å². The van der Waals surface area contributed by atoms with Crippen molar-refractivity contribution in [2.75, 3.05) is 47.3 Å². The summed E-state index contributed by atoms with van der Waals surface area (Å²) in [6, 6.07) is 0.535. The first kappa shape index (κ1) is 13.9. The monoisotopic (exact) mass is 229 g/mol. The van der Waals surface area contributed by atoms with E-state index in [2.05, 4.69) is 17.3 Å². The Morgan fingerprint density at radius 1 is 1.50 bits per heavy atom. The molecule has 1 heterocycles. The second-order valence-corrected chi connectivity index (χ2v) is 5.72. The van der Waals surface area contributed by atoms with Gasteiger partial charge in [-0.1, -0.05) is 0 Å². The minimum Gasteiger partial charge on any atom is -0.388 e. The van der Waals surface area contributed by atoms with E-state index in [9.17, 15) is 5.11 Å². The van der Waals surface area contributed by atoms with Gasteiger partial charge in [0.15, 0.2) is 0 Å². The summed E-state index contributed by atoms with van der Waals surface area (Å²) >= 11 is 0. The zero-order valence-corrected chi connectivity index (χ0v) is 11.2. The summed E-state index contributed by atoms with van der Waals surface area (Å²) in [5.41, 5.74) is -0.639. The quantitative estimate of drug-likeness (QED) is 0.695. The summed E-state index contributed by atoms with van der Waals surface area (Å²) in [4.78, 5) is 4.37. The first-order valence-corrected chi connectivity index (χ1v) is 6.18. The van der Waals surface area contributed by atoms with Crippen LogP contribution in [0.3, 0.4) is 0 Å². The number of hydrogen-bond acceptors (Lipinski definition) is 4. The Hall–Kier alpha value is -0.160. The minimum absolute atomic E-state index is 0.535. The molecule has 1 saturated heterocycles. The molecule has 0 saturated carbocycles. The third-order valence-corrected chi connectivity index (χ3v) is 3.05. The molecule has 16 heavy (non-hydrogen) atoms. The van der Waals surface area contributed by atoms with Gasteiger partial charge < -0.3 is 20.2 Å². The second-order valence-electron chi connectivity index (χ2n) is 5.72. The summed E-state index contributed by atoms with van der Waals surface area (Å²) in [5.74, 6) is 0. The Kier molecular flexibility index (Phi) is 5.18. The Balaban J connectivity index is 2.27. The van der Waals surface area contributed by atoms with Crippen molar-refractivity contribution in [2.45, 2.75) is 31.4 Å². The third kappa shape index (κ3) is 5.25. The fourth-order valence-corrected chi connectivity index (χ4v) is 2.43. The van der Waals surface area contributed by atoms with E-state index < -0.39 is 5.60 Å². The summed E-state index contributed by atoms with van der Waals surface area (Å²) < 4.78 is 0. The Bertz CT molecular complexity index is 206. The number of rotatable bonds is 5. The van der Waals surface area contributed by atoms with Crippen molar-refractivity contribution < 1.29 is 5.11 Å². The minimum atomic E-state index is -0.639. The lowest BCUT2D eigenvalue weighted by Gasteiger charge is -2.34. The maximum Gasteiger partial charge on any atom is 0.0869 e. The van der Waals surface area contributed by atoms with E-state index in [1.165, 1.54) is 19.4 Å². The maximum absolute atomic E-state index is 10.2. The molecule has 0 bridgehead atoms. The molecular weight excluding hydrogens is 202 g/mol. The number of nitrogens with zero attached hydrogens (tertiary/aromatic N) is 2. The average Bonchev–Trinajstić information content (AvgIpc) is 2.13. The highest BCUT2D eigenvalue weighted by molar-refractivity contribution is 4.83. The molecule has 1 aliphatic rings. The molecule has 0 aromatic heterocycles. The van der Waals surface area contributed by atoms with Gasteiger partial charge in [0, 0.05) is 25.7 Å². The number of nitrogens with one attached hydrogen (secondary N) is 1. The lowest BCUT2D eigenvalue weighted by molar-refractivity contribution is 0.0288. The predicted molar refractivity (Wildman–Crippen MR) is 67.7 cm³/mol. The van der Waals surface area contributed by atoms with E-state index in [4.69, 9.17) is 0 Å². The fourth-order valence-electron chi connectivity index (χ4n) is 2.43. The van der Waals surface area contributed by atoms with Gasteiger partial charge in [-0.05, 0) is 47.5 Å². The van der Waals surface area contributed by atoms with Crippen molar-refractivity contribution in [3.63, 3.8) is 0 Å². The molecule has 2 atom stereocenters.